The Hall–Kier alpha value is -1.98. The number of rotatable bonds is 2. The molecule has 112 valence electrons. The van der Waals surface area contributed by atoms with E-state index in [0.717, 1.165) is 43.3 Å². The molecule has 0 unspecified atom stereocenters. The van der Waals surface area contributed by atoms with E-state index in [9.17, 15) is 0 Å². The number of hydrogen-bond acceptors (Lipinski definition) is 5. The summed E-state index contributed by atoms with van der Waals surface area (Å²) in [4.78, 5) is 15.2. The molecule has 1 saturated heterocycles. The van der Waals surface area contributed by atoms with Gasteiger partial charge in [0.2, 0.25) is 0 Å². The van der Waals surface area contributed by atoms with Crippen LogP contribution >= 0.6 is 11.6 Å². The zero-order valence-electron chi connectivity index (χ0n) is 12.0. The van der Waals surface area contributed by atoms with Crippen molar-refractivity contribution in [2.75, 3.05) is 31.2 Å². The van der Waals surface area contributed by atoms with Crippen molar-refractivity contribution < 1.29 is 4.74 Å². The first-order valence-electron chi connectivity index (χ1n) is 7.31. The Labute approximate surface area is 133 Å². The quantitative estimate of drug-likeness (QED) is 0.800. The summed E-state index contributed by atoms with van der Waals surface area (Å²) in [6, 6.07) is 8.49. The lowest BCUT2D eigenvalue weighted by Gasteiger charge is -2.28. The van der Waals surface area contributed by atoms with Crippen LogP contribution in [0.25, 0.3) is 0 Å². The van der Waals surface area contributed by atoms with E-state index < -0.39 is 0 Å². The van der Waals surface area contributed by atoms with Gasteiger partial charge in [0.15, 0.2) is 5.15 Å². The fourth-order valence-corrected chi connectivity index (χ4v) is 3.01. The molecule has 0 aliphatic carbocycles. The fourth-order valence-electron chi connectivity index (χ4n) is 2.82. The second kappa shape index (κ2) is 5.66. The SMILES string of the molecule is Clc1ncnc2c1N=C(c1ccc(N3CCOCC3)cc1)C2. The maximum absolute atomic E-state index is 6.07. The van der Waals surface area contributed by atoms with E-state index >= 15 is 0 Å². The number of aromatic nitrogens is 2. The molecule has 6 heteroatoms. The van der Waals surface area contributed by atoms with Gasteiger partial charge in [0.25, 0.3) is 0 Å². The molecule has 0 bridgehead atoms. The van der Waals surface area contributed by atoms with Crippen molar-refractivity contribution in [1.29, 1.82) is 0 Å². The first kappa shape index (κ1) is 13.7. The molecule has 1 fully saturated rings. The van der Waals surface area contributed by atoms with Gasteiger partial charge in [-0.2, -0.15) is 0 Å². The van der Waals surface area contributed by atoms with E-state index in [-0.39, 0.29) is 0 Å². The number of halogens is 1. The number of aliphatic imine (C=N–C) groups is 1. The van der Waals surface area contributed by atoms with Gasteiger partial charge in [-0.15, -0.1) is 0 Å². The summed E-state index contributed by atoms with van der Waals surface area (Å²) < 4.78 is 5.39. The number of benzene rings is 1. The van der Waals surface area contributed by atoms with E-state index in [4.69, 9.17) is 16.3 Å². The number of ether oxygens (including phenoxy) is 1. The molecular formula is C16H15ClN4O. The van der Waals surface area contributed by atoms with E-state index in [2.05, 4.69) is 44.1 Å². The molecule has 0 N–H and O–H groups in total. The molecule has 2 aromatic rings. The van der Waals surface area contributed by atoms with Gasteiger partial charge >= 0.3 is 0 Å². The topological polar surface area (TPSA) is 50.6 Å². The molecule has 0 saturated carbocycles. The number of hydrogen-bond donors (Lipinski definition) is 0. The summed E-state index contributed by atoms with van der Waals surface area (Å²) in [6.07, 6.45) is 2.19. The molecule has 5 nitrogen and oxygen atoms in total. The van der Waals surface area contributed by atoms with Gasteiger partial charge in [-0.1, -0.05) is 23.7 Å². The second-order valence-electron chi connectivity index (χ2n) is 5.34. The van der Waals surface area contributed by atoms with Gasteiger partial charge in [-0.3, -0.25) is 0 Å². The average molecular weight is 315 g/mol. The summed E-state index contributed by atoms with van der Waals surface area (Å²) in [5.74, 6) is 0. The Bertz CT molecular complexity index is 723. The zero-order valence-corrected chi connectivity index (χ0v) is 12.8. The van der Waals surface area contributed by atoms with Crippen LogP contribution in [0.2, 0.25) is 5.15 Å². The van der Waals surface area contributed by atoms with Crippen molar-refractivity contribution in [2.45, 2.75) is 6.42 Å². The number of morpholine rings is 1. The van der Waals surface area contributed by atoms with Crippen molar-refractivity contribution in [2.24, 2.45) is 4.99 Å². The van der Waals surface area contributed by atoms with Crippen molar-refractivity contribution in [3.8, 4) is 0 Å². The Morgan fingerprint density at radius 1 is 1.05 bits per heavy atom. The van der Waals surface area contributed by atoms with Crippen LogP contribution in [0.5, 0.6) is 0 Å². The summed E-state index contributed by atoms with van der Waals surface area (Å²) in [5, 5.41) is 0.421. The van der Waals surface area contributed by atoms with Gasteiger partial charge in [0, 0.05) is 25.2 Å². The maximum Gasteiger partial charge on any atom is 0.158 e. The van der Waals surface area contributed by atoms with E-state index in [1.165, 1.54) is 12.0 Å². The first-order valence-corrected chi connectivity index (χ1v) is 7.69. The predicted molar refractivity (Wildman–Crippen MR) is 86.4 cm³/mol. The molecule has 2 aliphatic rings. The standard InChI is InChI=1S/C16H15ClN4O/c17-16-15-14(18-10-19-16)9-13(20-15)11-1-3-12(4-2-11)21-5-7-22-8-6-21/h1-4,10H,5-9H2. The van der Waals surface area contributed by atoms with Crippen LogP contribution in [0.4, 0.5) is 11.4 Å². The van der Waals surface area contributed by atoms with E-state index in [1.54, 1.807) is 0 Å². The number of fused-ring (bicyclic) bond motifs is 1. The van der Waals surface area contributed by atoms with Crippen molar-refractivity contribution in [3.05, 3.63) is 47.0 Å². The van der Waals surface area contributed by atoms with Gasteiger partial charge in [0.1, 0.15) is 12.0 Å². The lowest BCUT2D eigenvalue weighted by atomic mass is 10.1. The van der Waals surface area contributed by atoms with Crippen LogP contribution in [-0.4, -0.2) is 42.0 Å². The van der Waals surface area contributed by atoms with Crippen molar-refractivity contribution in [3.63, 3.8) is 0 Å². The Kier molecular flexibility index (Phi) is 3.52. The zero-order chi connectivity index (χ0) is 14.9. The normalized spacial score (nSPS) is 17.3. The van der Waals surface area contributed by atoms with Gasteiger partial charge in [0.05, 0.1) is 24.6 Å². The number of anilines is 1. The molecule has 4 rings (SSSR count). The average Bonchev–Trinajstić information content (AvgIpc) is 3.02. The highest BCUT2D eigenvalue weighted by Gasteiger charge is 2.20. The molecule has 1 aromatic carbocycles. The molecule has 0 atom stereocenters. The van der Waals surface area contributed by atoms with Crippen molar-refractivity contribution in [1.82, 2.24) is 9.97 Å². The van der Waals surface area contributed by atoms with Crippen LogP contribution in [-0.2, 0) is 11.2 Å². The van der Waals surface area contributed by atoms with Gasteiger partial charge in [-0.25, -0.2) is 15.0 Å². The summed E-state index contributed by atoms with van der Waals surface area (Å²) >= 11 is 6.07. The Morgan fingerprint density at radius 2 is 1.82 bits per heavy atom. The van der Waals surface area contributed by atoms with E-state index in [0.29, 0.717) is 17.3 Å². The predicted octanol–water partition coefficient (Wildman–Crippen LogP) is 2.64. The molecule has 3 heterocycles. The highest BCUT2D eigenvalue weighted by Crippen LogP contribution is 2.32. The molecule has 1 aromatic heterocycles. The smallest absolute Gasteiger partial charge is 0.158 e. The monoisotopic (exact) mass is 314 g/mol. The largest absolute Gasteiger partial charge is 0.378 e. The first-order chi connectivity index (χ1) is 10.8. The van der Waals surface area contributed by atoms with E-state index in [1.807, 2.05) is 0 Å². The van der Waals surface area contributed by atoms with Crippen LogP contribution in [0.3, 0.4) is 0 Å². The molecule has 22 heavy (non-hydrogen) atoms. The minimum atomic E-state index is 0.421. The third-order valence-electron chi connectivity index (χ3n) is 4.01. The maximum atomic E-state index is 6.07. The summed E-state index contributed by atoms with van der Waals surface area (Å²) in [6.45, 7) is 3.47. The van der Waals surface area contributed by atoms with Crippen LogP contribution in [0, 0.1) is 0 Å². The third-order valence-corrected chi connectivity index (χ3v) is 4.29. The molecular weight excluding hydrogens is 300 g/mol. The van der Waals surface area contributed by atoms with Gasteiger partial charge < -0.3 is 9.64 Å². The second-order valence-corrected chi connectivity index (χ2v) is 5.70. The fraction of sp³-hybridized carbons (Fsp3) is 0.312. The minimum absolute atomic E-state index is 0.421. The van der Waals surface area contributed by atoms with Crippen molar-refractivity contribution >= 4 is 28.7 Å². The molecule has 2 aliphatic heterocycles. The summed E-state index contributed by atoms with van der Waals surface area (Å²) in [5.41, 5.74) is 4.92. The van der Waals surface area contributed by atoms with Crippen LogP contribution < -0.4 is 4.90 Å². The minimum Gasteiger partial charge on any atom is -0.378 e. The molecule has 0 amide bonds. The highest BCUT2D eigenvalue weighted by molar-refractivity contribution is 6.32. The highest BCUT2D eigenvalue weighted by atomic mass is 35.5. The lowest BCUT2D eigenvalue weighted by molar-refractivity contribution is 0.122. The van der Waals surface area contributed by atoms with Crippen LogP contribution in [0.1, 0.15) is 11.3 Å². The Balaban J connectivity index is 1.57. The molecule has 0 radical (unpaired) electrons. The van der Waals surface area contributed by atoms with Gasteiger partial charge in [-0.05, 0) is 17.7 Å². The third kappa shape index (κ3) is 2.46. The number of nitrogens with zero attached hydrogens (tertiary/aromatic N) is 4. The lowest BCUT2D eigenvalue weighted by Crippen LogP contribution is -2.36. The molecule has 0 spiro atoms. The van der Waals surface area contributed by atoms with Crippen LogP contribution in [0.15, 0.2) is 35.6 Å². The summed E-state index contributed by atoms with van der Waals surface area (Å²) in [7, 11) is 0. The Morgan fingerprint density at radius 3 is 2.55 bits per heavy atom.